The zero-order valence-corrected chi connectivity index (χ0v) is 10.7. The van der Waals surface area contributed by atoms with E-state index in [4.69, 9.17) is 5.11 Å². The molecule has 0 aliphatic rings. The van der Waals surface area contributed by atoms with Gasteiger partial charge in [0.25, 0.3) is 5.91 Å². The van der Waals surface area contributed by atoms with Crippen LogP contribution in [0.4, 0.5) is 0 Å². The van der Waals surface area contributed by atoms with Gasteiger partial charge in [-0.2, -0.15) is 0 Å². The van der Waals surface area contributed by atoms with E-state index in [1.54, 1.807) is 25.3 Å². The largest absolute Gasteiger partial charge is 0.393 e. The van der Waals surface area contributed by atoms with E-state index >= 15 is 0 Å². The van der Waals surface area contributed by atoms with Gasteiger partial charge in [-0.3, -0.25) is 4.79 Å². The first kappa shape index (κ1) is 13.1. The van der Waals surface area contributed by atoms with Crippen molar-refractivity contribution >= 4 is 21.8 Å². The number of rotatable bonds is 5. The molecule has 0 fully saturated rings. The van der Waals surface area contributed by atoms with Crippen molar-refractivity contribution in [1.82, 2.24) is 10.3 Å². The van der Waals surface area contributed by atoms with Crippen LogP contribution in [0.25, 0.3) is 0 Å². The maximum Gasteiger partial charge on any atom is 0.269 e. The Morgan fingerprint density at radius 1 is 1.62 bits per heavy atom. The molecule has 5 heteroatoms. The monoisotopic (exact) mass is 286 g/mol. The molecule has 4 nitrogen and oxygen atoms in total. The number of pyridine rings is 1. The number of halogens is 1. The van der Waals surface area contributed by atoms with Crippen molar-refractivity contribution in [1.29, 1.82) is 0 Å². The van der Waals surface area contributed by atoms with Crippen molar-refractivity contribution in [2.45, 2.75) is 25.9 Å². The van der Waals surface area contributed by atoms with Crippen LogP contribution in [0.3, 0.4) is 0 Å². The van der Waals surface area contributed by atoms with Crippen LogP contribution < -0.4 is 5.32 Å². The number of carbonyl (C=O) groups excluding carboxylic acids is 1. The van der Waals surface area contributed by atoms with Gasteiger partial charge in [0.1, 0.15) is 5.69 Å². The molecule has 1 heterocycles. The Hall–Kier alpha value is -0.940. The molecule has 0 aromatic carbocycles. The SMILES string of the molecule is CC(O)CCCNC(=O)c1ccc(Br)cn1. The van der Waals surface area contributed by atoms with Gasteiger partial charge in [-0.05, 0) is 47.8 Å². The fourth-order valence-corrected chi connectivity index (χ4v) is 1.43. The molecule has 16 heavy (non-hydrogen) atoms. The van der Waals surface area contributed by atoms with Gasteiger partial charge in [-0.15, -0.1) is 0 Å². The molecule has 0 aliphatic carbocycles. The fourth-order valence-electron chi connectivity index (χ4n) is 1.20. The summed E-state index contributed by atoms with van der Waals surface area (Å²) in [4.78, 5) is 15.5. The third-order valence-electron chi connectivity index (χ3n) is 2.04. The van der Waals surface area contributed by atoms with Crippen molar-refractivity contribution in [2.75, 3.05) is 6.54 Å². The Labute approximate surface area is 103 Å². The standard InChI is InChI=1S/C11H15BrN2O2/c1-8(15)3-2-6-13-11(16)10-5-4-9(12)7-14-10/h4-5,7-8,15H,2-3,6H2,1H3,(H,13,16). The maximum absolute atomic E-state index is 11.5. The summed E-state index contributed by atoms with van der Waals surface area (Å²) in [5.74, 6) is -0.182. The van der Waals surface area contributed by atoms with Gasteiger partial charge >= 0.3 is 0 Å². The highest BCUT2D eigenvalue weighted by molar-refractivity contribution is 9.10. The lowest BCUT2D eigenvalue weighted by molar-refractivity contribution is 0.0944. The van der Waals surface area contributed by atoms with E-state index < -0.39 is 0 Å². The predicted octanol–water partition coefficient (Wildman–Crippen LogP) is 1.73. The Morgan fingerprint density at radius 2 is 2.38 bits per heavy atom. The van der Waals surface area contributed by atoms with Gasteiger partial charge in [-0.1, -0.05) is 0 Å². The molecule has 0 saturated heterocycles. The number of nitrogens with one attached hydrogen (secondary N) is 1. The molecule has 1 amide bonds. The number of amides is 1. The Kier molecular flexibility index (Phi) is 5.42. The van der Waals surface area contributed by atoms with Crippen LogP contribution >= 0.6 is 15.9 Å². The summed E-state index contributed by atoms with van der Waals surface area (Å²) in [6.07, 6.45) is 2.72. The molecule has 0 spiro atoms. The lowest BCUT2D eigenvalue weighted by Crippen LogP contribution is -2.25. The molecule has 88 valence electrons. The average Bonchev–Trinajstić information content (AvgIpc) is 2.25. The van der Waals surface area contributed by atoms with Crippen molar-refractivity contribution in [2.24, 2.45) is 0 Å². The van der Waals surface area contributed by atoms with Gasteiger partial charge in [0.05, 0.1) is 6.10 Å². The summed E-state index contributed by atoms with van der Waals surface area (Å²) < 4.78 is 0.846. The van der Waals surface area contributed by atoms with Crippen LogP contribution in [0.1, 0.15) is 30.3 Å². The van der Waals surface area contributed by atoms with Crippen LogP contribution in [0, 0.1) is 0 Å². The van der Waals surface area contributed by atoms with E-state index in [1.807, 2.05) is 0 Å². The van der Waals surface area contributed by atoms with Crippen LogP contribution in [-0.2, 0) is 0 Å². The molecule has 0 radical (unpaired) electrons. The second-order valence-electron chi connectivity index (χ2n) is 3.61. The average molecular weight is 287 g/mol. The second kappa shape index (κ2) is 6.60. The van der Waals surface area contributed by atoms with E-state index in [0.29, 0.717) is 18.7 Å². The van der Waals surface area contributed by atoms with Gasteiger partial charge in [0, 0.05) is 17.2 Å². The predicted molar refractivity (Wildman–Crippen MR) is 65.2 cm³/mol. The van der Waals surface area contributed by atoms with Crippen LogP contribution in [0.2, 0.25) is 0 Å². The number of aliphatic hydroxyl groups is 1. The minimum Gasteiger partial charge on any atom is -0.393 e. The van der Waals surface area contributed by atoms with Crippen LogP contribution in [0.5, 0.6) is 0 Å². The van der Waals surface area contributed by atoms with Crippen molar-refractivity contribution < 1.29 is 9.90 Å². The summed E-state index contributed by atoms with van der Waals surface area (Å²) >= 11 is 3.25. The van der Waals surface area contributed by atoms with Gasteiger partial charge in [-0.25, -0.2) is 4.98 Å². The maximum atomic E-state index is 11.5. The van der Waals surface area contributed by atoms with Gasteiger partial charge in [0.2, 0.25) is 0 Å². The lowest BCUT2D eigenvalue weighted by Gasteiger charge is -2.06. The summed E-state index contributed by atoms with van der Waals surface area (Å²) in [5.41, 5.74) is 0.403. The Balaban J connectivity index is 2.32. The fraction of sp³-hybridized carbons (Fsp3) is 0.455. The number of nitrogens with zero attached hydrogens (tertiary/aromatic N) is 1. The second-order valence-corrected chi connectivity index (χ2v) is 4.52. The highest BCUT2D eigenvalue weighted by Gasteiger charge is 2.05. The first-order valence-electron chi connectivity index (χ1n) is 5.17. The first-order valence-corrected chi connectivity index (χ1v) is 5.96. The molecule has 2 N–H and O–H groups in total. The molecule has 0 saturated carbocycles. The van der Waals surface area contributed by atoms with Crippen molar-refractivity contribution in [3.8, 4) is 0 Å². The number of carbonyl (C=O) groups is 1. The van der Waals surface area contributed by atoms with Gasteiger partial charge in [0.15, 0.2) is 0 Å². The summed E-state index contributed by atoms with van der Waals surface area (Å²) in [7, 11) is 0. The Morgan fingerprint density at radius 3 is 2.94 bits per heavy atom. The van der Waals surface area contributed by atoms with Crippen molar-refractivity contribution in [3.05, 3.63) is 28.5 Å². The summed E-state index contributed by atoms with van der Waals surface area (Å²) in [6.45, 7) is 2.29. The molecule has 1 aromatic rings. The first-order chi connectivity index (χ1) is 7.59. The van der Waals surface area contributed by atoms with Gasteiger partial charge < -0.3 is 10.4 Å². The van der Waals surface area contributed by atoms with E-state index in [1.165, 1.54) is 0 Å². The summed E-state index contributed by atoms with van der Waals surface area (Å²) in [5, 5.41) is 11.8. The molecule has 1 rings (SSSR count). The number of aromatic nitrogens is 1. The zero-order chi connectivity index (χ0) is 12.0. The number of aliphatic hydroxyl groups excluding tert-OH is 1. The molecule has 0 bridgehead atoms. The lowest BCUT2D eigenvalue weighted by atomic mass is 10.2. The van der Waals surface area contributed by atoms with E-state index in [2.05, 4.69) is 26.2 Å². The third-order valence-corrected chi connectivity index (χ3v) is 2.51. The quantitative estimate of drug-likeness (QED) is 0.811. The van der Waals surface area contributed by atoms with Crippen molar-refractivity contribution in [3.63, 3.8) is 0 Å². The molecular weight excluding hydrogens is 272 g/mol. The minimum atomic E-state index is -0.317. The zero-order valence-electron chi connectivity index (χ0n) is 9.11. The molecule has 1 atom stereocenters. The number of hydrogen-bond donors (Lipinski definition) is 2. The molecule has 0 aliphatic heterocycles. The Bertz CT molecular complexity index is 338. The van der Waals surface area contributed by atoms with Crippen LogP contribution in [-0.4, -0.2) is 28.6 Å². The van der Waals surface area contributed by atoms with E-state index in [-0.39, 0.29) is 12.0 Å². The number of hydrogen-bond acceptors (Lipinski definition) is 3. The topological polar surface area (TPSA) is 62.2 Å². The van der Waals surface area contributed by atoms with E-state index in [9.17, 15) is 4.79 Å². The smallest absolute Gasteiger partial charge is 0.269 e. The highest BCUT2D eigenvalue weighted by Crippen LogP contribution is 2.07. The normalized spacial score (nSPS) is 12.2. The third kappa shape index (κ3) is 4.72. The molecule has 1 aromatic heterocycles. The molecular formula is C11H15BrN2O2. The van der Waals surface area contributed by atoms with E-state index in [0.717, 1.165) is 10.9 Å². The minimum absolute atomic E-state index is 0.182. The molecule has 1 unspecified atom stereocenters. The van der Waals surface area contributed by atoms with Crippen LogP contribution in [0.15, 0.2) is 22.8 Å². The summed E-state index contributed by atoms with van der Waals surface area (Å²) in [6, 6.07) is 3.44. The highest BCUT2D eigenvalue weighted by atomic mass is 79.9.